The van der Waals surface area contributed by atoms with Gasteiger partial charge in [-0.25, -0.2) is 8.42 Å². The third kappa shape index (κ3) is 4.19. The minimum Gasteiger partial charge on any atom is -0.399 e. The summed E-state index contributed by atoms with van der Waals surface area (Å²) in [6, 6.07) is 4.53. The molecule has 0 fully saturated rings. The van der Waals surface area contributed by atoms with Crippen molar-refractivity contribution in [2.45, 2.75) is 6.92 Å². The van der Waals surface area contributed by atoms with Gasteiger partial charge in [-0.2, -0.15) is 0 Å². The molecule has 0 aliphatic heterocycles. The molecule has 0 saturated heterocycles. The van der Waals surface area contributed by atoms with Gasteiger partial charge in [0.05, 0.1) is 16.3 Å². The van der Waals surface area contributed by atoms with Gasteiger partial charge >= 0.3 is 0 Å². The van der Waals surface area contributed by atoms with E-state index in [-0.39, 0.29) is 28.6 Å². The van der Waals surface area contributed by atoms with E-state index in [1.165, 1.54) is 12.1 Å². The number of sulfone groups is 1. The molecule has 7 heteroatoms. The summed E-state index contributed by atoms with van der Waals surface area (Å²) in [5, 5.41) is 2.75. The average molecular weight is 291 g/mol. The summed E-state index contributed by atoms with van der Waals surface area (Å²) in [4.78, 5) is 11.7. The molecule has 1 rings (SSSR count). The predicted molar refractivity (Wildman–Crippen MR) is 72.5 cm³/mol. The van der Waals surface area contributed by atoms with Gasteiger partial charge in [0.15, 0.2) is 9.84 Å². The Morgan fingerprint density at radius 3 is 2.67 bits per heavy atom. The van der Waals surface area contributed by atoms with Crippen LogP contribution in [0, 0.1) is 0 Å². The third-order valence-electron chi connectivity index (χ3n) is 2.38. The van der Waals surface area contributed by atoms with E-state index in [0.29, 0.717) is 5.69 Å². The highest BCUT2D eigenvalue weighted by atomic mass is 35.5. The number of rotatable bonds is 5. The number of hydrogen-bond acceptors (Lipinski definition) is 4. The Bertz CT molecular complexity index is 543. The van der Waals surface area contributed by atoms with E-state index in [0.717, 1.165) is 0 Å². The van der Waals surface area contributed by atoms with Crippen LogP contribution < -0.4 is 11.1 Å². The Balaban J connectivity index is 2.61. The normalized spacial score (nSPS) is 11.2. The van der Waals surface area contributed by atoms with E-state index in [1.54, 1.807) is 13.0 Å². The molecule has 0 spiro atoms. The van der Waals surface area contributed by atoms with E-state index in [9.17, 15) is 13.2 Å². The number of benzene rings is 1. The number of hydrogen-bond donors (Lipinski definition) is 2. The molecule has 3 N–H and O–H groups in total. The van der Waals surface area contributed by atoms with Gasteiger partial charge in [0.25, 0.3) is 5.91 Å². The Hall–Kier alpha value is -1.27. The van der Waals surface area contributed by atoms with Crippen LogP contribution in [0.2, 0.25) is 5.02 Å². The van der Waals surface area contributed by atoms with Crippen molar-refractivity contribution >= 4 is 33.0 Å². The average Bonchev–Trinajstić information content (AvgIpc) is 2.28. The molecule has 18 heavy (non-hydrogen) atoms. The summed E-state index contributed by atoms with van der Waals surface area (Å²) in [7, 11) is -3.08. The molecular weight excluding hydrogens is 276 g/mol. The molecule has 0 aliphatic carbocycles. The molecule has 1 aromatic rings. The number of nitrogens with one attached hydrogen (secondary N) is 1. The van der Waals surface area contributed by atoms with Crippen LogP contribution in [0.25, 0.3) is 0 Å². The molecule has 0 bridgehead atoms. The van der Waals surface area contributed by atoms with Crippen molar-refractivity contribution in [3.05, 3.63) is 28.8 Å². The van der Waals surface area contributed by atoms with Crippen molar-refractivity contribution in [2.24, 2.45) is 0 Å². The van der Waals surface area contributed by atoms with Crippen LogP contribution in [-0.4, -0.2) is 32.4 Å². The number of carbonyl (C=O) groups excluding carboxylic acids is 1. The second-order valence-electron chi connectivity index (χ2n) is 3.73. The lowest BCUT2D eigenvalue weighted by molar-refractivity contribution is 0.0956. The van der Waals surface area contributed by atoms with Gasteiger partial charge in [-0.1, -0.05) is 18.5 Å². The van der Waals surface area contributed by atoms with Gasteiger partial charge in [0.2, 0.25) is 0 Å². The molecule has 0 aromatic heterocycles. The van der Waals surface area contributed by atoms with Crippen molar-refractivity contribution in [3.8, 4) is 0 Å². The maximum Gasteiger partial charge on any atom is 0.252 e. The number of anilines is 1. The third-order valence-corrected chi connectivity index (χ3v) is 4.39. The monoisotopic (exact) mass is 290 g/mol. The number of halogens is 1. The van der Waals surface area contributed by atoms with Crippen molar-refractivity contribution in [2.75, 3.05) is 23.8 Å². The smallest absolute Gasteiger partial charge is 0.252 e. The SMILES string of the molecule is CCS(=O)(=O)CCNC(=O)c1ccc(N)cc1Cl. The number of amides is 1. The summed E-state index contributed by atoms with van der Waals surface area (Å²) in [6.07, 6.45) is 0. The molecular formula is C11H15ClN2O3S. The van der Waals surface area contributed by atoms with E-state index < -0.39 is 15.7 Å². The topological polar surface area (TPSA) is 89.3 Å². The molecule has 0 aliphatic rings. The molecule has 1 amide bonds. The van der Waals surface area contributed by atoms with Gasteiger partial charge in [-0.3, -0.25) is 4.79 Å². The van der Waals surface area contributed by atoms with Gasteiger partial charge in [0, 0.05) is 18.0 Å². The minimum atomic E-state index is -3.08. The summed E-state index contributed by atoms with van der Waals surface area (Å²) in [5.41, 5.74) is 6.25. The molecule has 5 nitrogen and oxygen atoms in total. The zero-order valence-corrected chi connectivity index (χ0v) is 11.5. The van der Waals surface area contributed by atoms with Crippen molar-refractivity contribution in [1.82, 2.24) is 5.32 Å². The molecule has 1 aromatic carbocycles. The van der Waals surface area contributed by atoms with E-state index in [1.807, 2.05) is 0 Å². The molecule has 100 valence electrons. The van der Waals surface area contributed by atoms with Gasteiger partial charge in [-0.05, 0) is 18.2 Å². The molecule has 0 heterocycles. The molecule has 0 saturated carbocycles. The molecule has 0 unspecified atom stereocenters. The minimum absolute atomic E-state index is 0.0610. The first-order valence-electron chi connectivity index (χ1n) is 5.39. The van der Waals surface area contributed by atoms with Crippen molar-refractivity contribution < 1.29 is 13.2 Å². The summed E-state index contributed by atoms with van der Waals surface area (Å²) < 4.78 is 22.5. The van der Waals surface area contributed by atoms with E-state index >= 15 is 0 Å². The van der Waals surface area contributed by atoms with Crippen LogP contribution in [-0.2, 0) is 9.84 Å². The summed E-state index contributed by atoms with van der Waals surface area (Å²) in [6.45, 7) is 1.63. The van der Waals surface area contributed by atoms with E-state index in [4.69, 9.17) is 17.3 Å². The Labute approximate surface area is 111 Å². The fraction of sp³-hybridized carbons (Fsp3) is 0.364. The Morgan fingerprint density at radius 1 is 1.44 bits per heavy atom. The second kappa shape index (κ2) is 6.06. The number of carbonyl (C=O) groups is 1. The highest BCUT2D eigenvalue weighted by Crippen LogP contribution is 2.18. The van der Waals surface area contributed by atoms with E-state index in [2.05, 4.69) is 5.32 Å². The van der Waals surface area contributed by atoms with Crippen LogP contribution >= 0.6 is 11.6 Å². The lowest BCUT2D eigenvalue weighted by Crippen LogP contribution is -2.29. The van der Waals surface area contributed by atoms with Crippen LogP contribution in [0.15, 0.2) is 18.2 Å². The zero-order chi connectivity index (χ0) is 13.8. The molecule has 0 atom stereocenters. The number of nitrogens with two attached hydrogens (primary N) is 1. The highest BCUT2D eigenvalue weighted by molar-refractivity contribution is 7.91. The Kier molecular flexibility index (Phi) is 4.98. The summed E-state index contributed by atoms with van der Waals surface area (Å²) >= 11 is 5.86. The van der Waals surface area contributed by atoms with Crippen LogP contribution in [0.1, 0.15) is 17.3 Å². The lowest BCUT2D eigenvalue weighted by Gasteiger charge is -2.07. The zero-order valence-electron chi connectivity index (χ0n) is 9.94. The van der Waals surface area contributed by atoms with Crippen molar-refractivity contribution in [3.63, 3.8) is 0 Å². The Morgan fingerprint density at radius 2 is 2.11 bits per heavy atom. The number of nitrogen functional groups attached to an aromatic ring is 1. The maximum absolute atomic E-state index is 11.7. The first-order valence-corrected chi connectivity index (χ1v) is 7.59. The quantitative estimate of drug-likeness (QED) is 0.794. The fourth-order valence-corrected chi connectivity index (χ4v) is 2.25. The van der Waals surface area contributed by atoms with Crippen molar-refractivity contribution in [1.29, 1.82) is 0 Å². The maximum atomic E-state index is 11.7. The fourth-order valence-electron chi connectivity index (χ4n) is 1.28. The van der Waals surface area contributed by atoms with Crippen LogP contribution in [0.3, 0.4) is 0 Å². The van der Waals surface area contributed by atoms with Gasteiger partial charge < -0.3 is 11.1 Å². The standard InChI is InChI=1S/C11H15ClN2O3S/c1-2-18(16,17)6-5-14-11(15)9-4-3-8(13)7-10(9)12/h3-4,7H,2,5-6,13H2,1H3,(H,14,15). The highest BCUT2D eigenvalue weighted by Gasteiger charge is 2.12. The van der Waals surface area contributed by atoms with Gasteiger partial charge in [-0.15, -0.1) is 0 Å². The molecule has 0 radical (unpaired) electrons. The van der Waals surface area contributed by atoms with Gasteiger partial charge in [0.1, 0.15) is 0 Å². The predicted octanol–water partition coefficient (Wildman–Crippen LogP) is 1.09. The second-order valence-corrected chi connectivity index (χ2v) is 6.61. The van der Waals surface area contributed by atoms with Crippen LogP contribution in [0.5, 0.6) is 0 Å². The first-order chi connectivity index (χ1) is 8.35. The summed E-state index contributed by atoms with van der Waals surface area (Å²) in [5.74, 6) is -0.431. The van der Waals surface area contributed by atoms with Crippen LogP contribution in [0.4, 0.5) is 5.69 Å². The first kappa shape index (κ1) is 14.8. The lowest BCUT2D eigenvalue weighted by atomic mass is 10.2. The largest absolute Gasteiger partial charge is 0.399 e.